The molecule has 0 saturated heterocycles. The van der Waals surface area contributed by atoms with Crippen LogP contribution in [0.4, 0.5) is 0 Å². The topological polar surface area (TPSA) is 78.7 Å². The largest absolute Gasteiger partial charge is 0.330 e. The zero-order valence-corrected chi connectivity index (χ0v) is 11.2. The van der Waals surface area contributed by atoms with Crippen LogP contribution >= 0.6 is 0 Å². The highest BCUT2D eigenvalue weighted by atomic mass is 16.1. The molecular formula is C14H15N5O. The number of rotatable bonds is 3. The lowest BCUT2D eigenvalue weighted by molar-refractivity contribution is 0.781. The van der Waals surface area contributed by atoms with Crippen LogP contribution in [-0.2, 0) is 13.5 Å². The van der Waals surface area contributed by atoms with Crippen molar-refractivity contribution in [2.75, 3.05) is 6.54 Å². The smallest absolute Gasteiger partial charge is 0.294 e. The number of aryl methyl sites for hydroxylation is 1. The van der Waals surface area contributed by atoms with Crippen molar-refractivity contribution in [1.82, 2.24) is 19.1 Å². The summed E-state index contributed by atoms with van der Waals surface area (Å²) in [4.78, 5) is 21.1. The van der Waals surface area contributed by atoms with E-state index in [2.05, 4.69) is 9.97 Å². The van der Waals surface area contributed by atoms with E-state index in [1.54, 1.807) is 24.0 Å². The van der Waals surface area contributed by atoms with Crippen LogP contribution in [0, 0.1) is 0 Å². The predicted octanol–water partition coefficient (Wildman–Crippen LogP) is 0.620. The Morgan fingerprint density at radius 1 is 1.30 bits per heavy atom. The van der Waals surface area contributed by atoms with E-state index in [4.69, 9.17) is 5.73 Å². The van der Waals surface area contributed by atoms with Gasteiger partial charge in [-0.3, -0.25) is 9.36 Å². The molecule has 3 rings (SSSR count). The molecule has 2 heterocycles. The Morgan fingerprint density at radius 2 is 2.10 bits per heavy atom. The normalized spacial score (nSPS) is 11.1. The van der Waals surface area contributed by atoms with Gasteiger partial charge in [0.15, 0.2) is 0 Å². The molecule has 0 aliphatic rings. The fourth-order valence-corrected chi connectivity index (χ4v) is 2.25. The molecule has 0 amide bonds. The predicted molar refractivity (Wildman–Crippen MR) is 76.9 cm³/mol. The van der Waals surface area contributed by atoms with Gasteiger partial charge in [-0.2, -0.15) is 0 Å². The van der Waals surface area contributed by atoms with Gasteiger partial charge < -0.3 is 10.3 Å². The van der Waals surface area contributed by atoms with Gasteiger partial charge in [0.2, 0.25) is 5.82 Å². The van der Waals surface area contributed by atoms with E-state index in [1.807, 2.05) is 24.3 Å². The lowest BCUT2D eigenvalue weighted by atomic mass is 10.3. The third-order valence-electron chi connectivity index (χ3n) is 3.21. The van der Waals surface area contributed by atoms with Crippen molar-refractivity contribution in [1.29, 1.82) is 0 Å². The average molecular weight is 269 g/mol. The fourth-order valence-electron chi connectivity index (χ4n) is 2.25. The van der Waals surface area contributed by atoms with Crippen LogP contribution in [0.1, 0.15) is 5.82 Å². The molecule has 0 saturated carbocycles. The van der Waals surface area contributed by atoms with Crippen LogP contribution in [0.25, 0.3) is 16.9 Å². The standard InChI is InChI=1S/C14H15N5O/c1-18-9-8-16-13(14(18)20)19-11-5-3-2-4-10(11)17-12(19)6-7-15/h2-5,8-9H,6-7,15H2,1H3. The van der Waals surface area contributed by atoms with Gasteiger partial charge in [0, 0.05) is 25.9 Å². The van der Waals surface area contributed by atoms with Crippen LogP contribution < -0.4 is 11.3 Å². The van der Waals surface area contributed by atoms with Gasteiger partial charge in [0.1, 0.15) is 5.82 Å². The summed E-state index contributed by atoms with van der Waals surface area (Å²) in [6, 6.07) is 7.68. The molecule has 0 spiro atoms. The molecule has 6 heteroatoms. The molecular weight excluding hydrogens is 254 g/mol. The lowest BCUT2D eigenvalue weighted by Gasteiger charge is -2.08. The molecule has 0 atom stereocenters. The minimum atomic E-state index is -0.158. The van der Waals surface area contributed by atoms with Crippen molar-refractivity contribution < 1.29 is 0 Å². The maximum Gasteiger partial charge on any atom is 0.294 e. The summed E-state index contributed by atoms with van der Waals surface area (Å²) < 4.78 is 3.30. The van der Waals surface area contributed by atoms with Gasteiger partial charge in [-0.25, -0.2) is 9.97 Å². The first-order valence-electron chi connectivity index (χ1n) is 6.41. The number of fused-ring (bicyclic) bond motifs is 1. The maximum absolute atomic E-state index is 12.3. The Labute approximate surface area is 115 Å². The van der Waals surface area contributed by atoms with E-state index in [0.29, 0.717) is 18.8 Å². The number of hydrogen-bond acceptors (Lipinski definition) is 4. The molecule has 6 nitrogen and oxygen atoms in total. The Hall–Kier alpha value is -2.47. The van der Waals surface area contributed by atoms with Gasteiger partial charge in [-0.1, -0.05) is 12.1 Å². The van der Waals surface area contributed by atoms with Crippen LogP contribution in [0.2, 0.25) is 0 Å². The number of nitrogens with zero attached hydrogens (tertiary/aromatic N) is 4. The monoisotopic (exact) mass is 269 g/mol. The summed E-state index contributed by atoms with van der Waals surface area (Å²) in [5, 5.41) is 0. The van der Waals surface area contributed by atoms with E-state index in [0.717, 1.165) is 16.9 Å². The van der Waals surface area contributed by atoms with Gasteiger partial charge in [0.05, 0.1) is 11.0 Å². The van der Waals surface area contributed by atoms with E-state index >= 15 is 0 Å². The molecule has 2 N–H and O–H groups in total. The van der Waals surface area contributed by atoms with Crippen molar-refractivity contribution in [3.05, 3.63) is 52.8 Å². The van der Waals surface area contributed by atoms with E-state index in [9.17, 15) is 4.79 Å². The molecule has 0 aliphatic carbocycles. The number of aromatic nitrogens is 4. The van der Waals surface area contributed by atoms with E-state index < -0.39 is 0 Å². The van der Waals surface area contributed by atoms with Crippen LogP contribution in [-0.4, -0.2) is 25.6 Å². The van der Waals surface area contributed by atoms with Crippen molar-refractivity contribution in [3.63, 3.8) is 0 Å². The SMILES string of the molecule is Cn1ccnc(-n2c(CCN)nc3ccccc32)c1=O. The quantitative estimate of drug-likeness (QED) is 0.756. The van der Waals surface area contributed by atoms with Crippen molar-refractivity contribution in [2.45, 2.75) is 6.42 Å². The van der Waals surface area contributed by atoms with E-state index in [1.165, 1.54) is 4.57 Å². The minimum absolute atomic E-state index is 0.158. The highest BCUT2D eigenvalue weighted by molar-refractivity contribution is 5.77. The van der Waals surface area contributed by atoms with Crippen molar-refractivity contribution in [3.8, 4) is 5.82 Å². The first-order valence-corrected chi connectivity index (χ1v) is 6.41. The molecule has 0 fully saturated rings. The molecule has 20 heavy (non-hydrogen) atoms. The molecule has 3 aromatic rings. The Kier molecular flexibility index (Phi) is 3.08. The highest BCUT2D eigenvalue weighted by Gasteiger charge is 2.15. The van der Waals surface area contributed by atoms with Crippen LogP contribution in [0.3, 0.4) is 0 Å². The van der Waals surface area contributed by atoms with Gasteiger partial charge in [-0.15, -0.1) is 0 Å². The fraction of sp³-hybridized carbons (Fsp3) is 0.214. The third kappa shape index (κ3) is 1.90. The number of hydrogen-bond donors (Lipinski definition) is 1. The van der Waals surface area contributed by atoms with Gasteiger partial charge in [-0.05, 0) is 18.7 Å². The first-order chi connectivity index (χ1) is 9.72. The zero-order chi connectivity index (χ0) is 14.1. The Balaban J connectivity index is 2.36. The summed E-state index contributed by atoms with van der Waals surface area (Å²) in [7, 11) is 1.70. The molecule has 1 aromatic carbocycles. The second kappa shape index (κ2) is 4.90. The summed E-state index contributed by atoms with van der Waals surface area (Å²) in [5.41, 5.74) is 7.19. The molecule has 0 aliphatic heterocycles. The minimum Gasteiger partial charge on any atom is -0.330 e. The number of benzene rings is 1. The third-order valence-corrected chi connectivity index (χ3v) is 3.21. The molecule has 0 bridgehead atoms. The van der Waals surface area contributed by atoms with Crippen molar-refractivity contribution in [2.24, 2.45) is 12.8 Å². The first kappa shape index (κ1) is 12.6. The average Bonchev–Trinajstić information content (AvgIpc) is 2.80. The molecule has 0 unspecified atom stereocenters. The van der Waals surface area contributed by atoms with Gasteiger partial charge in [0.25, 0.3) is 5.56 Å². The molecule has 102 valence electrons. The summed E-state index contributed by atoms with van der Waals surface area (Å²) >= 11 is 0. The number of imidazole rings is 1. The number of para-hydroxylation sites is 2. The molecule has 2 aromatic heterocycles. The second-order valence-corrected chi connectivity index (χ2v) is 4.56. The maximum atomic E-state index is 12.3. The summed E-state index contributed by atoms with van der Waals surface area (Å²) in [6.45, 7) is 0.469. The van der Waals surface area contributed by atoms with E-state index in [-0.39, 0.29) is 5.56 Å². The Bertz CT molecular complexity index is 818. The summed E-state index contributed by atoms with van der Waals surface area (Å²) in [5.74, 6) is 1.11. The second-order valence-electron chi connectivity index (χ2n) is 4.56. The zero-order valence-electron chi connectivity index (χ0n) is 11.2. The Morgan fingerprint density at radius 3 is 2.90 bits per heavy atom. The van der Waals surface area contributed by atoms with Crippen LogP contribution in [0.15, 0.2) is 41.5 Å². The lowest BCUT2D eigenvalue weighted by Crippen LogP contribution is -2.24. The number of nitrogens with two attached hydrogens (primary N) is 1. The summed E-state index contributed by atoms with van der Waals surface area (Å²) in [6.07, 6.45) is 3.83. The molecule has 0 radical (unpaired) electrons. The van der Waals surface area contributed by atoms with Crippen LogP contribution in [0.5, 0.6) is 0 Å². The highest BCUT2D eigenvalue weighted by Crippen LogP contribution is 2.18. The van der Waals surface area contributed by atoms with Crippen molar-refractivity contribution >= 4 is 11.0 Å². The van der Waals surface area contributed by atoms with Gasteiger partial charge >= 0.3 is 0 Å².